The van der Waals surface area contributed by atoms with Gasteiger partial charge in [0.1, 0.15) is 6.10 Å². The Morgan fingerprint density at radius 1 is 1.14 bits per heavy atom. The zero-order valence-electron chi connectivity index (χ0n) is 13.1. The van der Waals surface area contributed by atoms with Crippen LogP contribution in [0, 0.1) is 5.92 Å². The van der Waals surface area contributed by atoms with Gasteiger partial charge in [-0.1, -0.05) is 13.8 Å². The van der Waals surface area contributed by atoms with Crippen molar-refractivity contribution in [3.8, 4) is 0 Å². The highest BCUT2D eigenvalue weighted by atomic mass is 16.5. The molecule has 2 fully saturated rings. The molecule has 0 bridgehead atoms. The number of hydrogen-bond acceptors (Lipinski definition) is 4. The van der Waals surface area contributed by atoms with E-state index in [2.05, 4.69) is 0 Å². The second-order valence-corrected chi connectivity index (χ2v) is 6.22. The number of rotatable bonds is 3. The Labute approximate surface area is 126 Å². The van der Waals surface area contributed by atoms with Crippen molar-refractivity contribution in [1.82, 2.24) is 9.80 Å². The van der Waals surface area contributed by atoms with E-state index in [0.717, 1.165) is 25.8 Å². The van der Waals surface area contributed by atoms with Crippen LogP contribution in [0.3, 0.4) is 0 Å². The first kappa shape index (κ1) is 16.2. The fourth-order valence-corrected chi connectivity index (χ4v) is 2.99. The van der Waals surface area contributed by atoms with E-state index in [4.69, 9.17) is 10.5 Å². The van der Waals surface area contributed by atoms with Crippen LogP contribution in [0.2, 0.25) is 0 Å². The number of nitrogens with two attached hydrogens (primary N) is 1. The summed E-state index contributed by atoms with van der Waals surface area (Å²) < 4.78 is 5.68. The second-order valence-electron chi connectivity index (χ2n) is 6.22. The molecule has 120 valence electrons. The van der Waals surface area contributed by atoms with E-state index in [0.29, 0.717) is 26.2 Å². The molecule has 2 amide bonds. The van der Waals surface area contributed by atoms with Crippen molar-refractivity contribution in [2.75, 3.05) is 32.7 Å². The van der Waals surface area contributed by atoms with Gasteiger partial charge in [0.15, 0.2) is 0 Å². The van der Waals surface area contributed by atoms with Gasteiger partial charge in [0.25, 0.3) is 5.91 Å². The predicted octanol–water partition coefficient (Wildman–Crippen LogP) is 0.210. The fraction of sp³-hybridized carbons (Fsp3) is 0.867. The zero-order chi connectivity index (χ0) is 15.4. The number of carbonyl (C=O) groups excluding carboxylic acids is 2. The van der Waals surface area contributed by atoms with E-state index < -0.39 is 0 Å². The molecule has 6 nitrogen and oxygen atoms in total. The Morgan fingerprint density at radius 2 is 1.81 bits per heavy atom. The van der Waals surface area contributed by atoms with Crippen molar-refractivity contribution >= 4 is 11.8 Å². The summed E-state index contributed by atoms with van der Waals surface area (Å²) in [4.78, 5) is 28.2. The molecule has 0 aromatic heterocycles. The van der Waals surface area contributed by atoms with E-state index in [1.807, 2.05) is 23.6 Å². The monoisotopic (exact) mass is 297 g/mol. The maximum atomic E-state index is 12.5. The number of carbonyl (C=O) groups is 2. The Morgan fingerprint density at radius 3 is 2.43 bits per heavy atom. The Hall–Kier alpha value is -1.14. The zero-order valence-corrected chi connectivity index (χ0v) is 13.1. The summed E-state index contributed by atoms with van der Waals surface area (Å²) in [7, 11) is 0. The molecule has 2 N–H and O–H groups in total. The average Bonchev–Trinajstić information content (AvgIpc) is 2.82. The van der Waals surface area contributed by atoms with Crippen LogP contribution >= 0.6 is 0 Å². The van der Waals surface area contributed by atoms with E-state index >= 15 is 0 Å². The summed E-state index contributed by atoms with van der Waals surface area (Å²) >= 11 is 0. The van der Waals surface area contributed by atoms with E-state index in [-0.39, 0.29) is 29.9 Å². The van der Waals surface area contributed by atoms with Gasteiger partial charge in [-0.2, -0.15) is 0 Å². The molecule has 2 heterocycles. The predicted molar refractivity (Wildman–Crippen MR) is 79.6 cm³/mol. The SMILES string of the molecule is CC(C)C(=O)N1CCCN(C(=O)[C@@H]2CC[C@H](CN)O2)CC1. The highest BCUT2D eigenvalue weighted by Gasteiger charge is 2.33. The minimum Gasteiger partial charge on any atom is -0.364 e. The lowest BCUT2D eigenvalue weighted by atomic mass is 10.2. The minimum absolute atomic E-state index is 0.00993. The lowest BCUT2D eigenvalue weighted by Crippen LogP contribution is -2.42. The third-order valence-corrected chi connectivity index (χ3v) is 4.26. The van der Waals surface area contributed by atoms with Gasteiger partial charge >= 0.3 is 0 Å². The molecule has 0 aromatic rings. The molecule has 2 aliphatic rings. The minimum atomic E-state index is -0.342. The summed E-state index contributed by atoms with van der Waals surface area (Å²) in [6.07, 6.45) is 2.12. The summed E-state index contributed by atoms with van der Waals surface area (Å²) in [6.45, 7) is 6.96. The Kier molecular flexibility index (Phi) is 5.58. The largest absolute Gasteiger partial charge is 0.364 e. The summed E-state index contributed by atoms with van der Waals surface area (Å²) in [5.41, 5.74) is 5.59. The lowest BCUT2D eigenvalue weighted by Gasteiger charge is -2.25. The third-order valence-electron chi connectivity index (χ3n) is 4.26. The second kappa shape index (κ2) is 7.22. The van der Waals surface area contributed by atoms with Crippen molar-refractivity contribution in [3.63, 3.8) is 0 Å². The van der Waals surface area contributed by atoms with Gasteiger partial charge < -0.3 is 20.3 Å². The van der Waals surface area contributed by atoms with E-state index in [9.17, 15) is 9.59 Å². The highest BCUT2D eigenvalue weighted by molar-refractivity contribution is 5.81. The van der Waals surface area contributed by atoms with Gasteiger partial charge in [0.05, 0.1) is 6.10 Å². The number of amides is 2. The van der Waals surface area contributed by atoms with Gasteiger partial charge in [-0.3, -0.25) is 9.59 Å². The molecule has 0 aromatic carbocycles. The molecule has 6 heteroatoms. The number of ether oxygens (including phenoxy) is 1. The highest BCUT2D eigenvalue weighted by Crippen LogP contribution is 2.21. The molecule has 0 unspecified atom stereocenters. The first-order valence-corrected chi connectivity index (χ1v) is 7.96. The van der Waals surface area contributed by atoms with Crippen LogP contribution in [0.5, 0.6) is 0 Å². The van der Waals surface area contributed by atoms with Crippen LogP contribution in [-0.2, 0) is 14.3 Å². The van der Waals surface area contributed by atoms with Crippen LogP contribution in [0.25, 0.3) is 0 Å². The summed E-state index contributed by atoms with van der Waals surface area (Å²) in [6, 6.07) is 0. The molecule has 0 saturated carbocycles. The standard InChI is InChI=1S/C15H27N3O3/c1-11(2)14(19)17-6-3-7-18(9-8-17)15(20)13-5-4-12(10-16)21-13/h11-13H,3-10,16H2,1-2H3/t12-,13+/m1/s1. The van der Waals surface area contributed by atoms with Crippen molar-refractivity contribution in [2.45, 2.75) is 45.3 Å². The molecule has 2 atom stereocenters. The fourth-order valence-electron chi connectivity index (χ4n) is 2.99. The maximum Gasteiger partial charge on any atom is 0.251 e. The van der Waals surface area contributed by atoms with E-state index in [1.54, 1.807) is 0 Å². The van der Waals surface area contributed by atoms with Gasteiger partial charge in [-0.05, 0) is 19.3 Å². The molecular formula is C15H27N3O3. The Bertz CT molecular complexity index is 386. The van der Waals surface area contributed by atoms with Crippen molar-refractivity contribution in [3.05, 3.63) is 0 Å². The van der Waals surface area contributed by atoms with Crippen LogP contribution in [0.4, 0.5) is 0 Å². The van der Waals surface area contributed by atoms with Crippen LogP contribution in [-0.4, -0.2) is 66.5 Å². The van der Waals surface area contributed by atoms with Crippen molar-refractivity contribution < 1.29 is 14.3 Å². The number of nitrogens with zero attached hydrogens (tertiary/aromatic N) is 2. The van der Waals surface area contributed by atoms with Gasteiger partial charge in [-0.15, -0.1) is 0 Å². The Balaban J connectivity index is 1.88. The van der Waals surface area contributed by atoms with Crippen molar-refractivity contribution in [1.29, 1.82) is 0 Å². The topological polar surface area (TPSA) is 75.9 Å². The maximum absolute atomic E-state index is 12.5. The molecule has 0 spiro atoms. The van der Waals surface area contributed by atoms with Crippen molar-refractivity contribution in [2.24, 2.45) is 11.7 Å². The molecule has 21 heavy (non-hydrogen) atoms. The van der Waals surface area contributed by atoms with Crippen LogP contribution in [0.1, 0.15) is 33.1 Å². The first-order valence-electron chi connectivity index (χ1n) is 7.96. The van der Waals surface area contributed by atoms with Crippen LogP contribution < -0.4 is 5.73 Å². The average molecular weight is 297 g/mol. The molecule has 0 aliphatic carbocycles. The summed E-state index contributed by atoms with van der Waals surface area (Å²) in [5.74, 6) is 0.241. The smallest absolute Gasteiger partial charge is 0.251 e. The molecular weight excluding hydrogens is 270 g/mol. The van der Waals surface area contributed by atoms with Crippen LogP contribution in [0.15, 0.2) is 0 Å². The normalized spacial score (nSPS) is 27.0. The van der Waals surface area contributed by atoms with Gasteiger partial charge in [0, 0.05) is 38.6 Å². The first-order chi connectivity index (χ1) is 10.0. The lowest BCUT2D eigenvalue weighted by molar-refractivity contribution is -0.143. The van der Waals surface area contributed by atoms with Gasteiger partial charge in [0.2, 0.25) is 5.91 Å². The molecule has 2 aliphatic heterocycles. The molecule has 0 radical (unpaired) electrons. The third kappa shape index (κ3) is 3.95. The molecule has 2 saturated heterocycles. The summed E-state index contributed by atoms with van der Waals surface area (Å²) in [5, 5.41) is 0. The quantitative estimate of drug-likeness (QED) is 0.808. The number of hydrogen-bond donors (Lipinski definition) is 1. The molecule has 2 rings (SSSR count). The van der Waals surface area contributed by atoms with E-state index in [1.165, 1.54) is 0 Å². The van der Waals surface area contributed by atoms with Gasteiger partial charge in [-0.25, -0.2) is 0 Å².